The van der Waals surface area contributed by atoms with E-state index in [4.69, 9.17) is 5.11 Å². The van der Waals surface area contributed by atoms with Crippen molar-refractivity contribution >= 4 is 11.9 Å². The summed E-state index contributed by atoms with van der Waals surface area (Å²) in [6.45, 7) is 7.00. The molecule has 1 saturated heterocycles. The van der Waals surface area contributed by atoms with Crippen LogP contribution in [0.5, 0.6) is 0 Å². The molecule has 0 radical (unpaired) electrons. The number of carbonyl (C=O) groups is 2. The molecular weight excluding hydrogens is 272 g/mol. The molecule has 0 aromatic carbocycles. The summed E-state index contributed by atoms with van der Waals surface area (Å²) in [5.41, 5.74) is 2.33. The molecule has 1 aliphatic rings. The molecule has 1 aromatic rings. The highest BCUT2D eigenvalue weighted by Gasteiger charge is 2.26. The first kappa shape index (κ1) is 15.5. The van der Waals surface area contributed by atoms with E-state index in [2.05, 4.69) is 10.00 Å². The van der Waals surface area contributed by atoms with Gasteiger partial charge in [-0.3, -0.25) is 19.2 Å². The second kappa shape index (κ2) is 6.26. The van der Waals surface area contributed by atoms with E-state index >= 15 is 0 Å². The molecule has 0 saturated carbocycles. The second-order valence-electron chi connectivity index (χ2n) is 5.45. The number of carboxylic acids is 1. The van der Waals surface area contributed by atoms with Gasteiger partial charge >= 0.3 is 5.97 Å². The van der Waals surface area contributed by atoms with Crippen LogP contribution < -0.4 is 0 Å². The summed E-state index contributed by atoms with van der Waals surface area (Å²) < 4.78 is 1.73. The van der Waals surface area contributed by atoms with Crippen LogP contribution in [-0.2, 0) is 11.8 Å². The molecule has 2 rings (SSSR count). The van der Waals surface area contributed by atoms with Gasteiger partial charge in [-0.15, -0.1) is 0 Å². The molecule has 1 amide bonds. The van der Waals surface area contributed by atoms with Gasteiger partial charge in [-0.05, 0) is 13.8 Å². The maximum Gasteiger partial charge on any atom is 0.304 e. The third kappa shape index (κ3) is 3.41. The summed E-state index contributed by atoms with van der Waals surface area (Å²) in [7, 11) is 1.84. The predicted molar refractivity (Wildman–Crippen MR) is 77.3 cm³/mol. The molecular formula is C14H22N4O3. The number of nitrogens with zero attached hydrogens (tertiary/aromatic N) is 4. The zero-order chi connectivity index (χ0) is 15.6. The van der Waals surface area contributed by atoms with Crippen molar-refractivity contribution in [3.63, 3.8) is 0 Å². The highest BCUT2D eigenvalue weighted by molar-refractivity contribution is 5.96. The lowest BCUT2D eigenvalue weighted by molar-refractivity contribution is -0.137. The largest absolute Gasteiger partial charge is 0.481 e. The maximum atomic E-state index is 12.6. The summed E-state index contributed by atoms with van der Waals surface area (Å²) >= 11 is 0. The van der Waals surface area contributed by atoms with Gasteiger partial charge in [0.1, 0.15) is 0 Å². The molecule has 1 fully saturated rings. The number of rotatable bonds is 4. The zero-order valence-electron chi connectivity index (χ0n) is 12.8. The minimum Gasteiger partial charge on any atom is -0.481 e. The Labute approximate surface area is 124 Å². The Bertz CT molecular complexity index is 545. The van der Waals surface area contributed by atoms with Gasteiger partial charge < -0.3 is 10.0 Å². The third-order valence-electron chi connectivity index (χ3n) is 4.02. The van der Waals surface area contributed by atoms with E-state index in [1.165, 1.54) is 0 Å². The van der Waals surface area contributed by atoms with Crippen LogP contribution in [0.3, 0.4) is 0 Å². The first-order chi connectivity index (χ1) is 9.90. The molecule has 116 valence electrons. The Balaban J connectivity index is 1.96. The van der Waals surface area contributed by atoms with Crippen molar-refractivity contribution in [2.45, 2.75) is 20.3 Å². The van der Waals surface area contributed by atoms with Crippen LogP contribution in [0.25, 0.3) is 0 Å². The maximum absolute atomic E-state index is 12.6. The van der Waals surface area contributed by atoms with Gasteiger partial charge in [0.15, 0.2) is 0 Å². The van der Waals surface area contributed by atoms with Gasteiger partial charge in [-0.2, -0.15) is 5.10 Å². The topological polar surface area (TPSA) is 78.7 Å². The van der Waals surface area contributed by atoms with Crippen LogP contribution in [0.1, 0.15) is 28.2 Å². The SMILES string of the molecule is Cc1nn(C)c(C)c1C(=O)N1CCN(CCC(=O)O)CC1. The Morgan fingerprint density at radius 2 is 1.81 bits per heavy atom. The Morgan fingerprint density at radius 1 is 1.19 bits per heavy atom. The number of hydrogen-bond donors (Lipinski definition) is 1. The number of hydrogen-bond acceptors (Lipinski definition) is 4. The summed E-state index contributed by atoms with van der Waals surface area (Å²) in [5, 5.41) is 13.0. The van der Waals surface area contributed by atoms with Crippen molar-refractivity contribution < 1.29 is 14.7 Å². The number of carbonyl (C=O) groups excluding carboxylic acids is 1. The second-order valence-corrected chi connectivity index (χ2v) is 5.45. The van der Waals surface area contributed by atoms with E-state index in [0.29, 0.717) is 25.2 Å². The molecule has 1 aromatic heterocycles. The summed E-state index contributed by atoms with van der Waals surface area (Å²) in [4.78, 5) is 27.1. The molecule has 7 nitrogen and oxygen atoms in total. The molecule has 0 spiro atoms. The lowest BCUT2D eigenvalue weighted by Gasteiger charge is -2.34. The van der Waals surface area contributed by atoms with Crippen LogP contribution in [0.2, 0.25) is 0 Å². The van der Waals surface area contributed by atoms with E-state index < -0.39 is 5.97 Å². The number of piperazine rings is 1. The van der Waals surface area contributed by atoms with E-state index in [-0.39, 0.29) is 12.3 Å². The van der Waals surface area contributed by atoms with Crippen LogP contribution in [0, 0.1) is 13.8 Å². The van der Waals surface area contributed by atoms with Gasteiger partial charge in [0.05, 0.1) is 17.7 Å². The Kier molecular flexibility index (Phi) is 4.62. The van der Waals surface area contributed by atoms with Crippen molar-refractivity contribution in [2.24, 2.45) is 7.05 Å². The molecule has 0 atom stereocenters. The van der Waals surface area contributed by atoms with Crippen molar-refractivity contribution in [1.29, 1.82) is 0 Å². The Hall–Kier alpha value is -1.89. The monoisotopic (exact) mass is 294 g/mol. The van der Waals surface area contributed by atoms with Gasteiger partial charge in [0, 0.05) is 45.5 Å². The minimum atomic E-state index is -0.782. The normalized spacial score (nSPS) is 16.2. The third-order valence-corrected chi connectivity index (χ3v) is 4.02. The van der Waals surface area contributed by atoms with Gasteiger partial charge in [-0.1, -0.05) is 0 Å². The highest BCUT2D eigenvalue weighted by atomic mass is 16.4. The van der Waals surface area contributed by atoms with Crippen LogP contribution in [-0.4, -0.2) is 69.3 Å². The fourth-order valence-corrected chi connectivity index (χ4v) is 2.67. The van der Waals surface area contributed by atoms with Crippen LogP contribution in [0.15, 0.2) is 0 Å². The highest BCUT2D eigenvalue weighted by Crippen LogP contribution is 2.16. The van der Waals surface area contributed by atoms with E-state index in [0.717, 1.165) is 24.5 Å². The Morgan fingerprint density at radius 3 is 2.29 bits per heavy atom. The summed E-state index contributed by atoms with van der Waals surface area (Å²) in [5.74, 6) is -0.758. The standard InChI is InChI=1S/C14H22N4O3/c1-10-13(11(2)16(3)15-10)14(21)18-8-6-17(7-9-18)5-4-12(19)20/h4-9H2,1-3H3,(H,19,20). The zero-order valence-corrected chi connectivity index (χ0v) is 12.8. The van der Waals surface area contributed by atoms with Gasteiger partial charge in [-0.25, -0.2) is 0 Å². The average molecular weight is 294 g/mol. The molecule has 0 unspecified atom stereocenters. The number of aryl methyl sites for hydroxylation is 2. The van der Waals surface area contributed by atoms with Crippen molar-refractivity contribution in [2.75, 3.05) is 32.7 Å². The van der Waals surface area contributed by atoms with Crippen molar-refractivity contribution in [3.05, 3.63) is 17.0 Å². The molecule has 2 heterocycles. The first-order valence-corrected chi connectivity index (χ1v) is 7.13. The molecule has 0 aliphatic carbocycles. The molecule has 7 heteroatoms. The fourth-order valence-electron chi connectivity index (χ4n) is 2.67. The number of aliphatic carboxylic acids is 1. The number of aromatic nitrogens is 2. The van der Waals surface area contributed by atoms with E-state index in [9.17, 15) is 9.59 Å². The lowest BCUT2D eigenvalue weighted by atomic mass is 10.1. The molecule has 21 heavy (non-hydrogen) atoms. The van der Waals surface area contributed by atoms with Crippen LogP contribution >= 0.6 is 0 Å². The first-order valence-electron chi connectivity index (χ1n) is 7.13. The van der Waals surface area contributed by atoms with Crippen LogP contribution in [0.4, 0.5) is 0 Å². The van der Waals surface area contributed by atoms with Gasteiger partial charge in [0.2, 0.25) is 0 Å². The molecule has 0 bridgehead atoms. The predicted octanol–water partition coefficient (Wildman–Crippen LogP) is 0.269. The fraction of sp³-hybridized carbons (Fsp3) is 0.643. The molecule has 1 N–H and O–H groups in total. The summed E-state index contributed by atoms with van der Waals surface area (Å²) in [6.07, 6.45) is 0.148. The number of amides is 1. The quantitative estimate of drug-likeness (QED) is 0.862. The average Bonchev–Trinajstić information content (AvgIpc) is 2.70. The van der Waals surface area contributed by atoms with Crippen molar-refractivity contribution in [3.8, 4) is 0 Å². The smallest absolute Gasteiger partial charge is 0.304 e. The minimum absolute atomic E-state index is 0.0241. The molecule has 1 aliphatic heterocycles. The van der Waals surface area contributed by atoms with E-state index in [1.807, 2.05) is 25.8 Å². The van der Waals surface area contributed by atoms with Gasteiger partial charge in [0.25, 0.3) is 5.91 Å². The lowest BCUT2D eigenvalue weighted by Crippen LogP contribution is -2.49. The summed E-state index contributed by atoms with van der Waals surface area (Å²) in [6, 6.07) is 0. The van der Waals surface area contributed by atoms with Crippen molar-refractivity contribution in [1.82, 2.24) is 19.6 Å². The van der Waals surface area contributed by atoms with E-state index in [1.54, 1.807) is 4.68 Å². The number of carboxylic acid groups (broad SMARTS) is 1.